The third-order valence-electron chi connectivity index (χ3n) is 2.79. The lowest BCUT2D eigenvalue weighted by atomic mass is 10.2. The van der Waals surface area contributed by atoms with Crippen molar-refractivity contribution in [2.75, 3.05) is 0 Å². The van der Waals surface area contributed by atoms with Gasteiger partial charge in [0.05, 0.1) is 12.9 Å². The van der Waals surface area contributed by atoms with Crippen LogP contribution >= 0.6 is 0 Å². The zero-order valence-electron chi connectivity index (χ0n) is 11.3. The van der Waals surface area contributed by atoms with E-state index in [0.29, 0.717) is 11.5 Å². The molecule has 2 amide bonds. The second-order valence-electron chi connectivity index (χ2n) is 4.36. The molecule has 2 rings (SSSR count). The van der Waals surface area contributed by atoms with E-state index >= 15 is 0 Å². The van der Waals surface area contributed by atoms with Crippen LogP contribution in [0.1, 0.15) is 11.5 Å². The van der Waals surface area contributed by atoms with Crippen molar-refractivity contribution in [3.8, 4) is 0 Å². The number of H-pyrrole nitrogens is 1. The Morgan fingerprint density at radius 2 is 2.33 bits per heavy atom. The minimum absolute atomic E-state index is 0.118. The van der Waals surface area contributed by atoms with Crippen LogP contribution in [0.3, 0.4) is 0 Å². The highest BCUT2D eigenvalue weighted by atomic mass is 16.4. The van der Waals surface area contributed by atoms with Gasteiger partial charge in [-0.1, -0.05) is 0 Å². The molecule has 0 aliphatic carbocycles. The summed E-state index contributed by atoms with van der Waals surface area (Å²) in [5.74, 6) is -0.566. The number of aliphatic carboxylic acids is 1. The van der Waals surface area contributed by atoms with E-state index in [1.54, 1.807) is 11.6 Å². The van der Waals surface area contributed by atoms with E-state index in [9.17, 15) is 9.59 Å². The Morgan fingerprint density at radius 1 is 1.52 bits per heavy atom. The molecule has 0 fully saturated rings. The fourth-order valence-electron chi connectivity index (χ4n) is 1.65. The van der Waals surface area contributed by atoms with Gasteiger partial charge in [-0.3, -0.25) is 0 Å². The molecule has 0 aromatic carbocycles. The fraction of sp³-hybridized carbons (Fsp3) is 0.364. The molecule has 112 valence electrons. The van der Waals surface area contributed by atoms with Gasteiger partial charge in [-0.2, -0.15) is 0 Å². The van der Waals surface area contributed by atoms with Crippen LogP contribution in [0.4, 0.5) is 4.79 Å². The average Bonchev–Trinajstić information content (AvgIpc) is 3.07. The molecule has 2 aromatic rings. The topological polar surface area (TPSA) is 138 Å². The number of carboxylic acids is 1. The lowest BCUT2D eigenvalue weighted by Gasteiger charge is -2.14. The summed E-state index contributed by atoms with van der Waals surface area (Å²) in [4.78, 5) is 29.5. The molecule has 0 radical (unpaired) electrons. The number of carbonyl (C=O) groups excluding carboxylic acids is 1. The molecule has 0 spiro atoms. The minimum Gasteiger partial charge on any atom is -0.480 e. The van der Waals surface area contributed by atoms with Gasteiger partial charge in [0.2, 0.25) is 0 Å². The van der Waals surface area contributed by atoms with Gasteiger partial charge in [0, 0.05) is 25.4 Å². The van der Waals surface area contributed by atoms with Gasteiger partial charge in [0.25, 0.3) is 0 Å². The second-order valence-corrected chi connectivity index (χ2v) is 4.36. The maximum Gasteiger partial charge on any atom is 0.326 e. The number of hydrogen-bond donors (Lipinski definition) is 4. The third-order valence-corrected chi connectivity index (χ3v) is 2.79. The van der Waals surface area contributed by atoms with Crippen molar-refractivity contribution in [3.63, 3.8) is 0 Å². The summed E-state index contributed by atoms with van der Waals surface area (Å²) < 4.78 is 1.65. The smallest absolute Gasteiger partial charge is 0.326 e. The number of hydrogen-bond acceptors (Lipinski definition) is 5. The summed E-state index contributed by atoms with van der Waals surface area (Å²) in [6, 6.07) is -1.64. The largest absolute Gasteiger partial charge is 0.480 e. The van der Waals surface area contributed by atoms with Gasteiger partial charge in [0.15, 0.2) is 5.82 Å². The number of amides is 2. The molecule has 1 atom stereocenters. The number of aryl methyl sites for hydroxylation is 1. The van der Waals surface area contributed by atoms with Crippen LogP contribution in [0.5, 0.6) is 0 Å². The summed E-state index contributed by atoms with van der Waals surface area (Å²) in [6.45, 7) is 0.152. The van der Waals surface area contributed by atoms with Gasteiger partial charge in [-0.05, 0) is 0 Å². The first-order valence-electron chi connectivity index (χ1n) is 6.13. The average molecular weight is 293 g/mol. The highest BCUT2D eigenvalue weighted by Crippen LogP contribution is 1.99. The van der Waals surface area contributed by atoms with Crippen LogP contribution in [-0.2, 0) is 24.8 Å². The van der Waals surface area contributed by atoms with Crippen LogP contribution in [0.2, 0.25) is 0 Å². The Labute approximate surface area is 119 Å². The highest BCUT2D eigenvalue weighted by molar-refractivity contribution is 5.82. The number of nitrogens with one attached hydrogen (secondary N) is 3. The van der Waals surface area contributed by atoms with E-state index < -0.39 is 18.0 Å². The molecular formula is C11H15N7O3. The van der Waals surface area contributed by atoms with Gasteiger partial charge in [-0.15, -0.1) is 10.2 Å². The number of carboxylic acid groups (broad SMARTS) is 1. The van der Waals surface area contributed by atoms with E-state index in [1.165, 1.54) is 18.9 Å². The molecule has 2 aromatic heterocycles. The molecule has 0 bridgehead atoms. The van der Waals surface area contributed by atoms with E-state index in [2.05, 4.69) is 30.8 Å². The van der Waals surface area contributed by atoms with Crippen LogP contribution < -0.4 is 10.6 Å². The molecule has 2 heterocycles. The van der Waals surface area contributed by atoms with Gasteiger partial charge in [0.1, 0.15) is 12.4 Å². The molecule has 0 unspecified atom stereocenters. The quantitative estimate of drug-likeness (QED) is 0.541. The second kappa shape index (κ2) is 6.50. The Balaban J connectivity index is 1.86. The molecule has 0 aliphatic heterocycles. The van der Waals surface area contributed by atoms with E-state index in [4.69, 9.17) is 5.11 Å². The summed E-state index contributed by atoms with van der Waals surface area (Å²) in [5.41, 5.74) is 0.621. The van der Waals surface area contributed by atoms with Crippen molar-refractivity contribution in [2.24, 2.45) is 7.05 Å². The molecule has 10 heteroatoms. The summed E-state index contributed by atoms with van der Waals surface area (Å²) >= 11 is 0. The zero-order chi connectivity index (χ0) is 15.2. The van der Waals surface area contributed by atoms with E-state index in [-0.39, 0.29) is 13.0 Å². The SMILES string of the molecule is Cn1cnnc1CNC(=O)N[C@@H](Cc1cnc[nH]1)C(=O)O. The highest BCUT2D eigenvalue weighted by Gasteiger charge is 2.21. The number of aromatic amines is 1. The first-order chi connectivity index (χ1) is 10.1. The van der Waals surface area contributed by atoms with Crippen molar-refractivity contribution in [3.05, 3.63) is 30.4 Å². The Morgan fingerprint density at radius 3 is 2.90 bits per heavy atom. The van der Waals surface area contributed by atoms with Gasteiger partial charge in [-0.25, -0.2) is 14.6 Å². The predicted octanol–water partition coefficient (Wildman–Crippen LogP) is -0.967. The molecule has 10 nitrogen and oxygen atoms in total. The minimum atomic E-state index is -1.13. The van der Waals surface area contributed by atoms with Crippen molar-refractivity contribution >= 4 is 12.0 Å². The van der Waals surface area contributed by atoms with Crippen LogP contribution in [-0.4, -0.2) is 47.9 Å². The summed E-state index contributed by atoms with van der Waals surface area (Å²) in [6.07, 6.45) is 4.58. The first kappa shape index (κ1) is 14.5. The molecule has 0 saturated carbocycles. The Kier molecular flexibility index (Phi) is 4.49. The van der Waals surface area contributed by atoms with Gasteiger partial charge >= 0.3 is 12.0 Å². The van der Waals surface area contributed by atoms with Crippen molar-refractivity contribution in [2.45, 2.75) is 19.0 Å². The Hall–Kier alpha value is -2.91. The maximum atomic E-state index is 11.7. The number of nitrogens with zero attached hydrogens (tertiary/aromatic N) is 4. The van der Waals surface area contributed by atoms with E-state index in [0.717, 1.165) is 0 Å². The number of urea groups is 1. The standard InChI is InChI=1S/C11H15N7O3/c1-18-6-15-17-9(18)4-13-11(21)16-8(10(19)20)2-7-3-12-5-14-7/h3,5-6,8H,2,4H2,1H3,(H,12,14)(H,19,20)(H2,13,16,21)/t8-/m0/s1. The number of carbonyl (C=O) groups is 2. The maximum absolute atomic E-state index is 11.7. The van der Waals surface area contributed by atoms with Gasteiger partial charge < -0.3 is 25.3 Å². The zero-order valence-corrected chi connectivity index (χ0v) is 11.3. The van der Waals surface area contributed by atoms with E-state index in [1.807, 2.05) is 0 Å². The van der Waals surface area contributed by atoms with Crippen LogP contribution in [0, 0.1) is 0 Å². The summed E-state index contributed by atoms with van der Waals surface area (Å²) in [5, 5.41) is 21.5. The third kappa shape index (κ3) is 4.03. The number of imidazole rings is 1. The molecule has 0 aliphatic rings. The molecule has 21 heavy (non-hydrogen) atoms. The normalized spacial score (nSPS) is 11.9. The van der Waals surface area contributed by atoms with Crippen LogP contribution in [0.15, 0.2) is 18.9 Å². The molecule has 0 saturated heterocycles. The molecule has 4 N–H and O–H groups in total. The number of rotatable bonds is 6. The van der Waals surface area contributed by atoms with Crippen molar-refractivity contribution in [1.82, 2.24) is 35.4 Å². The van der Waals surface area contributed by atoms with Crippen molar-refractivity contribution in [1.29, 1.82) is 0 Å². The van der Waals surface area contributed by atoms with Crippen LogP contribution in [0.25, 0.3) is 0 Å². The monoisotopic (exact) mass is 293 g/mol. The van der Waals surface area contributed by atoms with Crippen molar-refractivity contribution < 1.29 is 14.7 Å². The number of aromatic nitrogens is 5. The lowest BCUT2D eigenvalue weighted by molar-refractivity contribution is -0.139. The summed E-state index contributed by atoms with van der Waals surface area (Å²) in [7, 11) is 1.74. The first-order valence-corrected chi connectivity index (χ1v) is 6.13. The fourth-order valence-corrected chi connectivity index (χ4v) is 1.65. The predicted molar refractivity (Wildman–Crippen MR) is 70.1 cm³/mol. The Bertz CT molecular complexity index is 607. The lowest BCUT2D eigenvalue weighted by Crippen LogP contribution is -2.47. The molecular weight excluding hydrogens is 278 g/mol.